The Morgan fingerprint density at radius 3 is 2.96 bits per heavy atom. The van der Waals surface area contributed by atoms with E-state index in [1.807, 2.05) is 22.6 Å². The summed E-state index contributed by atoms with van der Waals surface area (Å²) in [5.74, 6) is 2.14. The molecule has 1 saturated heterocycles. The van der Waals surface area contributed by atoms with Gasteiger partial charge in [0.15, 0.2) is 11.4 Å². The molecule has 3 aromatic rings. The van der Waals surface area contributed by atoms with Crippen LogP contribution in [0.25, 0.3) is 5.65 Å². The van der Waals surface area contributed by atoms with E-state index in [2.05, 4.69) is 30.4 Å². The molecular weight excluding hydrogens is 346 g/mol. The van der Waals surface area contributed by atoms with E-state index in [4.69, 9.17) is 9.47 Å². The molecule has 0 radical (unpaired) electrons. The maximum Gasteiger partial charge on any atom is 0.262 e. The van der Waals surface area contributed by atoms with Crippen molar-refractivity contribution in [2.75, 3.05) is 38.7 Å². The molecule has 0 atom stereocenters. The van der Waals surface area contributed by atoms with Gasteiger partial charge in [-0.15, -0.1) is 10.2 Å². The van der Waals surface area contributed by atoms with Gasteiger partial charge in [-0.05, 0) is 44.5 Å². The Bertz CT molecular complexity index is 892. The molecule has 9 heteroatoms. The molecule has 27 heavy (non-hydrogen) atoms. The quantitative estimate of drug-likeness (QED) is 0.604. The number of anilines is 2. The number of likely N-dealkylation sites (tertiary alicyclic amines) is 1. The van der Waals surface area contributed by atoms with Crippen LogP contribution in [0.1, 0.15) is 19.3 Å². The van der Waals surface area contributed by atoms with Gasteiger partial charge in [0.05, 0.1) is 19.9 Å². The number of rotatable bonds is 8. The smallest absolute Gasteiger partial charge is 0.262 e. The third-order valence-corrected chi connectivity index (χ3v) is 4.57. The van der Waals surface area contributed by atoms with Gasteiger partial charge in [0.25, 0.3) is 5.88 Å². The Morgan fingerprint density at radius 2 is 2.11 bits per heavy atom. The number of hydrogen-bond donors (Lipinski definition) is 1. The van der Waals surface area contributed by atoms with Crippen LogP contribution in [0.4, 0.5) is 11.8 Å². The van der Waals surface area contributed by atoms with Gasteiger partial charge in [0, 0.05) is 6.54 Å². The zero-order valence-electron chi connectivity index (χ0n) is 15.3. The number of nitrogens with zero attached hydrogens (tertiary/aromatic N) is 6. The highest BCUT2D eigenvalue weighted by molar-refractivity contribution is 5.55. The first-order valence-corrected chi connectivity index (χ1v) is 9.15. The Kier molecular flexibility index (Phi) is 5.29. The van der Waals surface area contributed by atoms with Gasteiger partial charge in [-0.1, -0.05) is 6.07 Å². The van der Waals surface area contributed by atoms with Crippen molar-refractivity contribution < 1.29 is 9.47 Å². The Morgan fingerprint density at radius 1 is 1.22 bits per heavy atom. The van der Waals surface area contributed by atoms with Gasteiger partial charge in [-0.3, -0.25) is 4.40 Å². The lowest BCUT2D eigenvalue weighted by atomic mass is 10.4. The van der Waals surface area contributed by atoms with Crippen LogP contribution in [0.5, 0.6) is 11.6 Å². The molecule has 0 spiro atoms. The molecule has 4 heterocycles. The van der Waals surface area contributed by atoms with Crippen LogP contribution in [0.3, 0.4) is 0 Å². The number of methoxy groups -OCH3 is 1. The average molecular weight is 369 g/mol. The fourth-order valence-corrected chi connectivity index (χ4v) is 3.19. The molecule has 0 saturated carbocycles. The molecule has 0 amide bonds. The normalized spacial score (nSPS) is 14.6. The average Bonchev–Trinajstić information content (AvgIpc) is 3.37. The lowest BCUT2D eigenvalue weighted by molar-refractivity contribution is 0.246. The van der Waals surface area contributed by atoms with E-state index >= 15 is 0 Å². The molecular formula is C18H23N7O2. The summed E-state index contributed by atoms with van der Waals surface area (Å²) in [4.78, 5) is 11.2. The number of pyridine rings is 1. The minimum atomic E-state index is 0.423. The highest BCUT2D eigenvalue weighted by Gasteiger charge is 2.13. The lowest BCUT2D eigenvalue weighted by Gasteiger charge is -2.15. The Balaban J connectivity index is 1.43. The zero-order chi connectivity index (χ0) is 18.5. The first-order chi connectivity index (χ1) is 13.3. The second-order valence-corrected chi connectivity index (χ2v) is 6.41. The fraction of sp³-hybridized carbons (Fsp3) is 0.444. The molecule has 0 aliphatic carbocycles. The van der Waals surface area contributed by atoms with Gasteiger partial charge < -0.3 is 19.7 Å². The van der Waals surface area contributed by atoms with Crippen LogP contribution < -0.4 is 14.8 Å². The van der Waals surface area contributed by atoms with Crippen LogP contribution in [0.2, 0.25) is 0 Å². The summed E-state index contributed by atoms with van der Waals surface area (Å²) in [6.45, 7) is 4.03. The van der Waals surface area contributed by atoms with Crippen molar-refractivity contribution in [1.29, 1.82) is 0 Å². The predicted molar refractivity (Wildman–Crippen MR) is 101 cm³/mol. The third-order valence-electron chi connectivity index (χ3n) is 4.57. The largest absolute Gasteiger partial charge is 0.490 e. The maximum atomic E-state index is 5.86. The number of nitrogens with one attached hydrogen (secondary N) is 1. The maximum absolute atomic E-state index is 5.86. The molecule has 142 valence electrons. The molecule has 1 aliphatic rings. The van der Waals surface area contributed by atoms with Crippen molar-refractivity contribution in [3.05, 3.63) is 30.7 Å². The summed E-state index contributed by atoms with van der Waals surface area (Å²) in [7, 11) is 1.58. The van der Waals surface area contributed by atoms with Crippen LogP contribution >= 0.6 is 0 Å². The van der Waals surface area contributed by atoms with E-state index in [0.717, 1.165) is 24.4 Å². The molecule has 1 N–H and O–H groups in total. The minimum Gasteiger partial charge on any atom is -0.490 e. The Labute approximate surface area is 157 Å². The highest BCUT2D eigenvalue weighted by Crippen LogP contribution is 2.26. The van der Waals surface area contributed by atoms with Crippen LogP contribution in [-0.2, 0) is 0 Å². The summed E-state index contributed by atoms with van der Waals surface area (Å²) in [5, 5.41) is 11.1. The topological polar surface area (TPSA) is 89.7 Å². The fourth-order valence-electron chi connectivity index (χ4n) is 3.19. The van der Waals surface area contributed by atoms with Gasteiger partial charge in [-0.25, -0.2) is 4.98 Å². The highest BCUT2D eigenvalue weighted by atomic mass is 16.5. The van der Waals surface area contributed by atoms with E-state index in [-0.39, 0.29) is 0 Å². The summed E-state index contributed by atoms with van der Waals surface area (Å²) in [5.41, 5.74) is 0.742. The lowest BCUT2D eigenvalue weighted by Crippen LogP contribution is -2.22. The van der Waals surface area contributed by atoms with Crippen LogP contribution in [0, 0.1) is 0 Å². The van der Waals surface area contributed by atoms with Crippen LogP contribution in [0.15, 0.2) is 30.7 Å². The van der Waals surface area contributed by atoms with E-state index in [1.54, 1.807) is 19.6 Å². The zero-order valence-corrected chi connectivity index (χ0v) is 15.3. The molecule has 1 aliphatic heterocycles. The SMILES string of the molecule is COc1cnc(Nc2cccc3nncn23)nc1OCCCN1CCCC1. The molecule has 1 fully saturated rings. The molecule has 0 unspecified atom stereocenters. The van der Waals surface area contributed by atoms with Crippen molar-refractivity contribution in [3.63, 3.8) is 0 Å². The standard InChI is InChI=1S/C18H23N7O2/c1-26-14-12-19-18(21-15-6-4-7-16-23-20-13-25(15)16)22-17(14)27-11-5-10-24-8-2-3-9-24/h4,6-7,12-13H,2-3,5,8-11H2,1H3,(H,19,21,22). The first kappa shape index (κ1) is 17.5. The van der Waals surface area contributed by atoms with Crippen molar-refractivity contribution >= 4 is 17.4 Å². The number of hydrogen-bond acceptors (Lipinski definition) is 8. The van der Waals surface area contributed by atoms with Crippen molar-refractivity contribution in [2.24, 2.45) is 0 Å². The molecule has 0 bridgehead atoms. The van der Waals surface area contributed by atoms with Gasteiger partial charge >= 0.3 is 0 Å². The number of aromatic nitrogens is 5. The van der Waals surface area contributed by atoms with Crippen molar-refractivity contribution in [3.8, 4) is 11.6 Å². The van der Waals surface area contributed by atoms with Gasteiger partial charge in [0.2, 0.25) is 5.95 Å². The minimum absolute atomic E-state index is 0.423. The molecule has 9 nitrogen and oxygen atoms in total. The van der Waals surface area contributed by atoms with Gasteiger partial charge in [-0.2, -0.15) is 4.98 Å². The summed E-state index contributed by atoms with van der Waals surface area (Å²) < 4.78 is 13.0. The van der Waals surface area contributed by atoms with Crippen molar-refractivity contribution in [2.45, 2.75) is 19.3 Å². The second kappa shape index (κ2) is 8.17. The number of ether oxygens (including phenoxy) is 2. The van der Waals surface area contributed by atoms with E-state index < -0.39 is 0 Å². The van der Waals surface area contributed by atoms with E-state index in [0.29, 0.717) is 24.2 Å². The van der Waals surface area contributed by atoms with Crippen molar-refractivity contribution in [1.82, 2.24) is 29.5 Å². The summed E-state index contributed by atoms with van der Waals surface area (Å²) in [6, 6.07) is 5.67. The predicted octanol–water partition coefficient (Wildman–Crippen LogP) is 2.14. The monoisotopic (exact) mass is 369 g/mol. The molecule has 3 aromatic heterocycles. The molecule has 0 aromatic carbocycles. The summed E-state index contributed by atoms with van der Waals surface area (Å²) in [6.07, 6.45) is 6.80. The first-order valence-electron chi connectivity index (χ1n) is 9.15. The van der Waals surface area contributed by atoms with E-state index in [9.17, 15) is 0 Å². The van der Waals surface area contributed by atoms with E-state index in [1.165, 1.54) is 25.9 Å². The number of fused-ring (bicyclic) bond motifs is 1. The van der Waals surface area contributed by atoms with Crippen LogP contribution in [-0.4, -0.2) is 62.8 Å². The molecule has 4 rings (SSSR count). The second-order valence-electron chi connectivity index (χ2n) is 6.41. The van der Waals surface area contributed by atoms with Gasteiger partial charge in [0.1, 0.15) is 12.1 Å². The Hall–Kier alpha value is -2.94. The third kappa shape index (κ3) is 4.08. The summed E-state index contributed by atoms with van der Waals surface area (Å²) >= 11 is 0.